The number of nitrogens with zero attached hydrogens (tertiary/aromatic N) is 2. The average Bonchev–Trinajstić information content (AvgIpc) is 2.72. The van der Waals surface area contributed by atoms with Gasteiger partial charge in [0.25, 0.3) is 0 Å². The molecule has 0 aromatic carbocycles. The van der Waals surface area contributed by atoms with Crippen molar-refractivity contribution in [3.05, 3.63) is 12.4 Å². The molecule has 1 aromatic rings. The van der Waals surface area contributed by atoms with Crippen molar-refractivity contribution < 1.29 is 4.74 Å². The molecule has 0 amide bonds. The summed E-state index contributed by atoms with van der Waals surface area (Å²) in [7, 11) is 2.15. The van der Waals surface area contributed by atoms with Crippen LogP contribution in [0.25, 0.3) is 0 Å². The van der Waals surface area contributed by atoms with Crippen LogP contribution in [0, 0.1) is 0 Å². The van der Waals surface area contributed by atoms with Crippen LogP contribution in [0.5, 0.6) is 5.75 Å². The van der Waals surface area contributed by atoms with E-state index < -0.39 is 0 Å². The van der Waals surface area contributed by atoms with Crippen LogP contribution < -0.4 is 4.74 Å². The fourth-order valence-corrected chi connectivity index (χ4v) is 1.70. The van der Waals surface area contributed by atoms with Gasteiger partial charge in [0, 0.05) is 6.04 Å². The molecule has 1 aliphatic heterocycles. The second-order valence-electron chi connectivity index (χ2n) is 3.52. The summed E-state index contributed by atoms with van der Waals surface area (Å²) < 4.78 is 5.56. The maximum atomic E-state index is 5.56. The summed E-state index contributed by atoms with van der Waals surface area (Å²) in [4.78, 5) is 2.35. The molecule has 1 N–H and O–H groups in total. The van der Waals surface area contributed by atoms with Crippen molar-refractivity contribution in [3.8, 4) is 5.75 Å². The van der Waals surface area contributed by atoms with Gasteiger partial charge in [0.2, 0.25) is 0 Å². The molecule has 2 rings (SSSR count). The van der Waals surface area contributed by atoms with E-state index in [1.54, 1.807) is 12.4 Å². The van der Waals surface area contributed by atoms with Crippen LogP contribution in [0.2, 0.25) is 0 Å². The summed E-state index contributed by atoms with van der Waals surface area (Å²) in [5.41, 5.74) is 0. The number of likely N-dealkylation sites (tertiary alicyclic amines) is 1. The van der Waals surface area contributed by atoms with Crippen molar-refractivity contribution >= 4 is 0 Å². The fraction of sp³-hybridized carbons (Fsp3) is 0.667. The number of ether oxygens (including phenoxy) is 1. The summed E-state index contributed by atoms with van der Waals surface area (Å²) in [6.45, 7) is 1.97. The van der Waals surface area contributed by atoms with Crippen molar-refractivity contribution in [1.29, 1.82) is 0 Å². The molecule has 1 fully saturated rings. The number of aromatic amines is 1. The molecule has 1 aliphatic rings. The number of aromatic nitrogens is 2. The third kappa shape index (κ3) is 2.01. The summed E-state index contributed by atoms with van der Waals surface area (Å²) in [6, 6.07) is 0.579. The number of likely N-dealkylation sites (N-methyl/N-ethyl adjacent to an activating group) is 1. The molecule has 0 spiro atoms. The normalized spacial score (nSPS) is 23.6. The Balaban J connectivity index is 1.79. The number of hydrogen-bond donors (Lipinski definition) is 1. The Bertz CT molecular complexity index is 247. The lowest BCUT2D eigenvalue weighted by atomic mass is 10.2. The van der Waals surface area contributed by atoms with Crippen molar-refractivity contribution in [2.45, 2.75) is 18.9 Å². The van der Waals surface area contributed by atoms with Gasteiger partial charge in [-0.15, -0.1) is 0 Å². The minimum Gasteiger partial charge on any atom is -0.489 e. The van der Waals surface area contributed by atoms with E-state index in [0.29, 0.717) is 6.04 Å². The molecule has 0 bridgehead atoms. The van der Waals surface area contributed by atoms with Crippen LogP contribution in [0.3, 0.4) is 0 Å². The Morgan fingerprint density at radius 2 is 2.69 bits per heavy atom. The highest BCUT2D eigenvalue weighted by atomic mass is 16.5. The van der Waals surface area contributed by atoms with E-state index in [2.05, 4.69) is 22.1 Å². The second kappa shape index (κ2) is 3.79. The SMILES string of the molecule is CN1CCCC1COc1cn[nH]c1. The molecule has 2 heterocycles. The van der Waals surface area contributed by atoms with Crippen molar-refractivity contribution in [3.63, 3.8) is 0 Å². The van der Waals surface area contributed by atoms with Crippen LogP contribution in [0.4, 0.5) is 0 Å². The third-order valence-electron chi connectivity index (χ3n) is 2.59. The zero-order chi connectivity index (χ0) is 9.10. The summed E-state index contributed by atoms with van der Waals surface area (Å²) in [6.07, 6.45) is 6.01. The number of H-pyrrole nitrogens is 1. The Morgan fingerprint density at radius 1 is 1.77 bits per heavy atom. The Labute approximate surface area is 77.9 Å². The van der Waals surface area contributed by atoms with Gasteiger partial charge in [-0.05, 0) is 26.4 Å². The van der Waals surface area contributed by atoms with E-state index in [0.717, 1.165) is 12.4 Å². The van der Waals surface area contributed by atoms with Gasteiger partial charge < -0.3 is 9.64 Å². The van der Waals surface area contributed by atoms with E-state index in [4.69, 9.17) is 4.74 Å². The summed E-state index contributed by atoms with van der Waals surface area (Å²) in [5, 5.41) is 6.55. The first-order valence-electron chi connectivity index (χ1n) is 4.68. The summed E-state index contributed by atoms with van der Waals surface area (Å²) >= 11 is 0. The standard InChI is InChI=1S/C9H15N3O/c1-12-4-2-3-8(12)7-13-9-5-10-11-6-9/h5-6,8H,2-4,7H2,1H3,(H,10,11). The molecule has 0 saturated carbocycles. The lowest BCUT2D eigenvalue weighted by Gasteiger charge is -2.18. The number of hydrogen-bond acceptors (Lipinski definition) is 3. The Hall–Kier alpha value is -1.03. The third-order valence-corrected chi connectivity index (χ3v) is 2.59. The lowest BCUT2D eigenvalue weighted by molar-refractivity contribution is 0.198. The largest absolute Gasteiger partial charge is 0.489 e. The van der Waals surface area contributed by atoms with Crippen LogP contribution in [-0.4, -0.2) is 41.3 Å². The van der Waals surface area contributed by atoms with E-state index in [9.17, 15) is 0 Å². The molecule has 1 atom stereocenters. The van der Waals surface area contributed by atoms with Gasteiger partial charge in [0.05, 0.1) is 12.4 Å². The first kappa shape index (κ1) is 8.56. The predicted molar refractivity (Wildman–Crippen MR) is 49.7 cm³/mol. The smallest absolute Gasteiger partial charge is 0.156 e. The van der Waals surface area contributed by atoms with Crippen LogP contribution in [0.1, 0.15) is 12.8 Å². The maximum absolute atomic E-state index is 5.56. The fourth-order valence-electron chi connectivity index (χ4n) is 1.70. The maximum Gasteiger partial charge on any atom is 0.156 e. The van der Waals surface area contributed by atoms with Crippen LogP contribution in [-0.2, 0) is 0 Å². The molecule has 0 radical (unpaired) electrons. The zero-order valence-corrected chi connectivity index (χ0v) is 7.86. The topological polar surface area (TPSA) is 41.1 Å². The first-order valence-corrected chi connectivity index (χ1v) is 4.68. The summed E-state index contributed by atoms with van der Waals surface area (Å²) in [5.74, 6) is 0.834. The lowest BCUT2D eigenvalue weighted by Crippen LogP contribution is -2.30. The molecule has 1 aromatic heterocycles. The predicted octanol–water partition coefficient (Wildman–Crippen LogP) is 0.883. The van der Waals surface area contributed by atoms with Crippen molar-refractivity contribution in [2.24, 2.45) is 0 Å². The van der Waals surface area contributed by atoms with Crippen molar-refractivity contribution in [1.82, 2.24) is 15.1 Å². The van der Waals surface area contributed by atoms with E-state index >= 15 is 0 Å². The number of nitrogens with one attached hydrogen (secondary N) is 1. The molecular formula is C9H15N3O. The Morgan fingerprint density at radius 3 is 3.31 bits per heavy atom. The van der Waals surface area contributed by atoms with Gasteiger partial charge >= 0.3 is 0 Å². The van der Waals surface area contributed by atoms with Gasteiger partial charge in [0.1, 0.15) is 6.61 Å². The van der Waals surface area contributed by atoms with Gasteiger partial charge in [-0.3, -0.25) is 5.10 Å². The molecule has 72 valence electrons. The Kier molecular flexibility index (Phi) is 2.49. The van der Waals surface area contributed by atoms with Crippen LogP contribution >= 0.6 is 0 Å². The van der Waals surface area contributed by atoms with Crippen LogP contribution in [0.15, 0.2) is 12.4 Å². The van der Waals surface area contributed by atoms with Crippen molar-refractivity contribution in [2.75, 3.05) is 20.2 Å². The highest BCUT2D eigenvalue weighted by Crippen LogP contribution is 2.16. The van der Waals surface area contributed by atoms with Gasteiger partial charge in [-0.2, -0.15) is 5.10 Å². The molecule has 4 heteroatoms. The molecule has 0 aliphatic carbocycles. The monoisotopic (exact) mass is 181 g/mol. The molecule has 13 heavy (non-hydrogen) atoms. The van der Waals surface area contributed by atoms with E-state index in [1.165, 1.54) is 19.4 Å². The minimum atomic E-state index is 0.579. The zero-order valence-electron chi connectivity index (χ0n) is 7.86. The average molecular weight is 181 g/mol. The molecule has 4 nitrogen and oxygen atoms in total. The number of rotatable bonds is 3. The first-order chi connectivity index (χ1) is 6.36. The van der Waals surface area contributed by atoms with Gasteiger partial charge in [-0.25, -0.2) is 0 Å². The molecule has 1 saturated heterocycles. The highest BCUT2D eigenvalue weighted by molar-refractivity contribution is 5.10. The molecule has 1 unspecified atom stereocenters. The quantitative estimate of drug-likeness (QED) is 0.752. The minimum absolute atomic E-state index is 0.579. The highest BCUT2D eigenvalue weighted by Gasteiger charge is 2.21. The molecular weight excluding hydrogens is 166 g/mol. The van der Waals surface area contributed by atoms with E-state index in [-0.39, 0.29) is 0 Å². The van der Waals surface area contributed by atoms with Gasteiger partial charge in [0.15, 0.2) is 5.75 Å². The second-order valence-corrected chi connectivity index (χ2v) is 3.52. The van der Waals surface area contributed by atoms with Gasteiger partial charge in [-0.1, -0.05) is 0 Å². The van der Waals surface area contributed by atoms with E-state index in [1.807, 2.05) is 0 Å².